The number of amides is 1. The number of nitrogens with zero attached hydrogens (tertiary/aromatic N) is 1. The summed E-state index contributed by atoms with van der Waals surface area (Å²) in [6, 6.07) is 6.18. The fourth-order valence-electron chi connectivity index (χ4n) is 2.72. The van der Waals surface area contributed by atoms with Gasteiger partial charge in [0.25, 0.3) is 5.91 Å². The van der Waals surface area contributed by atoms with E-state index in [9.17, 15) is 4.79 Å². The molecule has 1 saturated heterocycles. The summed E-state index contributed by atoms with van der Waals surface area (Å²) in [5, 5.41) is 0. The second-order valence-electron chi connectivity index (χ2n) is 5.14. The van der Waals surface area contributed by atoms with Gasteiger partial charge in [0.15, 0.2) is 0 Å². The molecule has 2 nitrogen and oxygen atoms in total. The van der Waals surface area contributed by atoms with Gasteiger partial charge in [-0.2, -0.15) is 0 Å². The average Bonchev–Trinajstić information content (AvgIpc) is 2.38. The zero-order valence-corrected chi connectivity index (χ0v) is 13.5. The fraction of sp³-hybridized carbons (Fsp3) is 0.533. The normalized spacial score (nSPS) is 19.5. The Labute approximate surface area is 128 Å². The van der Waals surface area contributed by atoms with Crippen molar-refractivity contribution in [2.24, 2.45) is 0 Å². The van der Waals surface area contributed by atoms with Gasteiger partial charge in [0.05, 0.1) is 0 Å². The Kier molecular flexibility index (Phi) is 5.28. The van der Waals surface area contributed by atoms with Crippen LogP contribution in [0.1, 0.15) is 41.6 Å². The molecule has 19 heavy (non-hydrogen) atoms. The lowest BCUT2D eigenvalue weighted by Gasteiger charge is -2.35. The number of aryl methyl sites for hydroxylation is 1. The van der Waals surface area contributed by atoms with Gasteiger partial charge in [-0.05, 0) is 56.4 Å². The molecule has 0 spiro atoms. The maximum atomic E-state index is 12.7. The summed E-state index contributed by atoms with van der Waals surface area (Å²) in [7, 11) is 0. The molecular formula is C15H19BrClNO. The zero-order chi connectivity index (χ0) is 13.8. The second-order valence-corrected chi connectivity index (χ2v) is 6.44. The summed E-state index contributed by atoms with van der Waals surface area (Å²) in [6.07, 6.45) is 4.26. The monoisotopic (exact) mass is 343 g/mol. The molecule has 1 aliphatic heterocycles. The van der Waals surface area contributed by atoms with Crippen LogP contribution in [0.3, 0.4) is 0 Å². The maximum Gasteiger partial charge on any atom is 0.254 e. The van der Waals surface area contributed by atoms with E-state index in [0.717, 1.165) is 41.4 Å². The molecule has 2 rings (SSSR count). The number of benzene rings is 1. The third-order valence-electron chi connectivity index (χ3n) is 3.62. The quantitative estimate of drug-likeness (QED) is 0.745. The van der Waals surface area contributed by atoms with Gasteiger partial charge in [0, 0.05) is 28.5 Å². The number of halogens is 2. The Morgan fingerprint density at radius 2 is 2.21 bits per heavy atom. The van der Waals surface area contributed by atoms with Crippen LogP contribution in [0.2, 0.25) is 0 Å². The molecule has 1 aromatic carbocycles. The largest absolute Gasteiger partial charge is 0.336 e. The molecule has 1 fully saturated rings. The smallest absolute Gasteiger partial charge is 0.254 e. The molecule has 4 heteroatoms. The van der Waals surface area contributed by atoms with Crippen molar-refractivity contribution in [1.29, 1.82) is 0 Å². The Hall–Kier alpha value is -0.540. The summed E-state index contributed by atoms with van der Waals surface area (Å²) < 4.78 is 0.960. The van der Waals surface area contributed by atoms with E-state index < -0.39 is 0 Å². The van der Waals surface area contributed by atoms with Crippen molar-refractivity contribution < 1.29 is 4.79 Å². The van der Waals surface area contributed by atoms with Crippen LogP contribution in [0.5, 0.6) is 0 Å². The lowest BCUT2D eigenvalue weighted by atomic mass is 9.98. The van der Waals surface area contributed by atoms with E-state index in [2.05, 4.69) is 15.9 Å². The molecule has 0 N–H and O–H groups in total. The van der Waals surface area contributed by atoms with Crippen LogP contribution in [0, 0.1) is 6.92 Å². The first kappa shape index (κ1) is 14.9. The molecule has 1 heterocycles. The predicted molar refractivity (Wildman–Crippen MR) is 82.9 cm³/mol. The summed E-state index contributed by atoms with van der Waals surface area (Å²) in [5.41, 5.74) is 1.87. The van der Waals surface area contributed by atoms with E-state index >= 15 is 0 Å². The molecule has 0 bridgehead atoms. The van der Waals surface area contributed by atoms with Crippen LogP contribution in [0.15, 0.2) is 22.7 Å². The molecule has 1 amide bonds. The summed E-state index contributed by atoms with van der Waals surface area (Å²) >= 11 is 9.32. The van der Waals surface area contributed by atoms with E-state index in [1.165, 1.54) is 6.42 Å². The number of hydrogen-bond donors (Lipinski definition) is 0. The molecule has 1 aliphatic rings. The van der Waals surface area contributed by atoms with Crippen molar-refractivity contribution in [1.82, 2.24) is 4.90 Å². The van der Waals surface area contributed by atoms with Crippen molar-refractivity contribution >= 4 is 33.4 Å². The Balaban J connectivity index is 2.20. The highest BCUT2D eigenvalue weighted by Crippen LogP contribution is 2.24. The lowest BCUT2D eigenvalue weighted by molar-refractivity contribution is 0.0609. The first-order valence-electron chi connectivity index (χ1n) is 6.76. The highest BCUT2D eigenvalue weighted by Gasteiger charge is 2.27. The number of hydrogen-bond acceptors (Lipinski definition) is 1. The number of rotatable bonds is 3. The number of likely N-dealkylation sites (tertiary alicyclic amines) is 1. The van der Waals surface area contributed by atoms with E-state index in [1.807, 2.05) is 30.0 Å². The zero-order valence-electron chi connectivity index (χ0n) is 11.2. The third kappa shape index (κ3) is 3.73. The minimum absolute atomic E-state index is 0.138. The van der Waals surface area contributed by atoms with Crippen LogP contribution >= 0.6 is 27.5 Å². The van der Waals surface area contributed by atoms with Gasteiger partial charge < -0.3 is 4.90 Å². The highest BCUT2D eigenvalue weighted by molar-refractivity contribution is 9.10. The molecule has 104 valence electrons. The summed E-state index contributed by atoms with van der Waals surface area (Å²) in [4.78, 5) is 14.7. The topological polar surface area (TPSA) is 20.3 Å². The van der Waals surface area contributed by atoms with E-state index in [-0.39, 0.29) is 5.91 Å². The molecule has 0 saturated carbocycles. The van der Waals surface area contributed by atoms with Crippen molar-refractivity contribution in [3.05, 3.63) is 33.8 Å². The molecule has 1 unspecified atom stereocenters. The maximum absolute atomic E-state index is 12.7. The van der Waals surface area contributed by atoms with Crippen molar-refractivity contribution in [2.75, 3.05) is 12.4 Å². The number of carbonyl (C=O) groups excluding carboxylic acids is 1. The van der Waals surface area contributed by atoms with Crippen molar-refractivity contribution in [2.45, 2.75) is 38.6 Å². The van der Waals surface area contributed by atoms with Crippen molar-refractivity contribution in [3.8, 4) is 0 Å². The van der Waals surface area contributed by atoms with Gasteiger partial charge in [0.2, 0.25) is 0 Å². The molecule has 0 aliphatic carbocycles. The van der Waals surface area contributed by atoms with Gasteiger partial charge in [-0.3, -0.25) is 4.79 Å². The number of carbonyl (C=O) groups is 1. The van der Waals surface area contributed by atoms with Gasteiger partial charge in [-0.1, -0.05) is 15.9 Å². The van der Waals surface area contributed by atoms with Gasteiger partial charge >= 0.3 is 0 Å². The molecule has 0 aromatic heterocycles. The standard InChI is InChI=1S/C15H19BrClNO/c1-11-8-12(10-13(16)9-11)15(19)18-7-3-2-4-14(18)5-6-17/h8-10,14H,2-7H2,1H3. The second kappa shape index (κ2) is 6.76. The van der Waals surface area contributed by atoms with E-state index in [1.54, 1.807) is 0 Å². The van der Waals surface area contributed by atoms with Gasteiger partial charge in [0.1, 0.15) is 0 Å². The Morgan fingerprint density at radius 1 is 1.42 bits per heavy atom. The van der Waals surface area contributed by atoms with Gasteiger partial charge in [-0.25, -0.2) is 0 Å². The summed E-state index contributed by atoms with van der Waals surface area (Å²) in [6.45, 7) is 2.86. The summed E-state index contributed by atoms with van der Waals surface area (Å²) in [5.74, 6) is 0.755. The van der Waals surface area contributed by atoms with Crippen molar-refractivity contribution in [3.63, 3.8) is 0 Å². The van der Waals surface area contributed by atoms with E-state index in [4.69, 9.17) is 11.6 Å². The SMILES string of the molecule is Cc1cc(Br)cc(C(=O)N2CCCCC2CCCl)c1. The molecule has 1 atom stereocenters. The predicted octanol–water partition coefficient (Wildman–Crippen LogP) is 4.38. The van der Waals surface area contributed by atoms with E-state index in [0.29, 0.717) is 11.9 Å². The molecular weight excluding hydrogens is 326 g/mol. The first-order valence-corrected chi connectivity index (χ1v) is 8.08. The molecule has 1 aromatic rings. The van der Waals surface area contributed by atoms with Crippen LogP contribution in [0.4, 0.5) is 0 Å². The van der Waals surface area contributed by atoms with Gasteiger partial charge in [-0.15, -0.1) is 11.6 Å². The number of piperidine rings is 1. The third-order valence-corrected chi connectivity index (χ3v) is 4.30. The Morgan fingerprint density at radius 3 is 2.89 bits per heavy atom. The fourth-order valence-corrected chi connectivity index (χ4v) is 3.58. The minimum Gasteiger partial charge on any atom is -0.336 e. The molecule has 0 radical (unpaired) electrons. The first-order chi connectivity index (χ1) is 9.11. The highest BCUT2D eigenvalue weighted by atomic mass is 79.9. The lowest BCUT2D eigenvalue weighted by Crippen LogP contribution is -2.44. The van der Waals surface area contributed by atoms with Crippen LogP contribution < -0.4 is 0 Å². The van der Waals surface area contributed by atoms with Crippen LogP contribution in [-0.4, -0.2) is 29.3 Å². The number of alkyl halides is 1. The van der Waals surface area contributed by atoms with Crippen LogP contribution in [-0.2, 0) is 0 Å². The van der Waals surface area contributed by atoms with Crippen LogP contribution in [0.25, 0.3) is 0 Å². The minimum atomic E-state index is 0.138. The Bertz CT molecular complexity index is 441. The average molecular weight is 345 g/mol.